The van der Waals surface area contributed by atoms with Gasteiger partial charge in [-0.25, -0.2) is 0 Å². The summed E-state index contributed by atoms with van der Waals surface area (Å²) in [6.45, 7) is 10.2. The van der Waals surface area contributed by atoms with E-state index in [0.29, 0.717) is 44.6 Å². The minimum atomic E-state index is -1.28. The number of aliphatic hydroxyl groups excluding tert-OH is 2. The third-order valence-corrected chi connectivity index (χ3v) is 14.8. The van der Waals surface area contributed by atoms with Crippen LogP contribution in [-0.2, 0) is 19.1 Å². The Balaban J connectivity index is 1.46. The summed E-state index contributed by atoms with van der Waals surface area (Å²) in [4.78, 5) is 24.4. The number of amides is 1. The van der Waals surface area contributed by atoms with Gasteiger partial charge in [0.25, 0.3) is 0 Å². The van der Waals surface area contributed by atoms with Crippen LogP contribution in [0.5, 0.6) is 17.2 Å². The van der Waals surface area contributed by atoms with E-state index in [-0.39, 0.29) is 49.4 Å². The molecule has 10 nitrogen and oxygen atoms in total. The molecule has 2 aliphatic heterocycles. The van der Waals surface area contributed by atoms with Crippen molar-refractivity contribution in [2.24, 2.45) is 22.9 Å². The third kappa shape index (κ3) is 13.4. The fraction of sp³-hybridized carbons (Fsp3) is 0.667. The number of hydrogen-bond donors (Lipinski definition) is 2. The molecule has 0 radical (unpaired) electrons. The molecule has 6 rings (SSSR count). The summed E-state index contributed by atoms with van der Waals surface area (Å²) in [5.74, 6) is 0.800. The van der Waals surface area contributed by atoms with Crippen molar-refractivity contribution in [1.82, 2.24) is 4.90 Å². The summed E-state index contributed by atoms with van der Waals surface area (Å²) in [5, 5.41) is 25.0. The fourth-order valence-electron chi connectivity index (χ4n) is 10.8. The monoisotopic (exact) mass is 917 g/mol. The molecule has 7 atom stereocenters. The highest BCUT2D eigenvalue weighted by Gasteiger charge is 2.65. The van der Waals surface area contributed by atoms with E-state index < -0.39 is 18.1 Å². The summed E-state index contributed by atoms with van der Waals surface area (Å²) in [7, 11) is 0. The van der Waals surface area contributed by atoms with E-state index in [2.05, 4.69) is 55.9 Å². The van der Waals surface area contributed by atoms with Crippen LogP contribution in [0.15, 0.2) is 76.8 Å². The molecule has 11 heteroatoms. The topological polar surface area (TPSA) is 119 Å². The minimum absolute atomic E-state index is 0.115. The second-order valence-corrected chi connectivity index (χ2v) is 19.5. The zero-order valence-corrected chi connectivity index (χ0v) is 40.7. The van der Waals surface area contributed by atoms with Crippen LogP contribution < -0.4 is 9.47 Å². The van der Waals surface area contributed by atoms with Gasteiger partial charge < -0.3 is 38.9 Å². The number of benzene rings is 2. The van der Waals surface area contributed by atoms with Crippen LogP contribution in [0.3, 0.4) is 0 Å². The first-order chi connectivity index (χ1) is 31.9. The Morgan fingerprint density at radius 3 is 2.31 bits per heavy atom. The Morgan fingerprint density at radius 2 is 1.63 bits per heavy atom. The molecular formula is C54H80N2O8S. The quantitative estimate of drug-likeness (QED) is 0.0356. The van der Waals surface area contributed by atoms with Gasteiger partial charge in [0.1, 0.15) is 23.3 Å². The molecule has 0 spiro atoms. The van der Waals surface area contributed by atoms with Gasteiger partial charge in [0.15, 0.2) is 0 Å². The normalized spacial score (nSPS) is 25.2. The lowest BCUT2D eigenvalue weighted by Crippen LogP contribution is -2.70. The summed E-state index contributed by atoms with van der Waals surface area (Å²) in [5.41, 5.74) is 2.88. The van der Waals surface area contributed by atoms with Crippen LogP contribution in [0.2, 0.25) is 0 Å². The lowest BCUT2D eigenvalue weighted by molar-refractivity contribution is -0.257. The van der Waals surface area contributed by atoms with Crippen molar-refractivity contribution in [1.29, 1.82) is 0 Å². The molecule has 2 heterocycles. The van der Waals surface area contributed by atoms with Crippen LogP contribution in [-0.4, -0.2) is 84.1 Å². The highest BCUT2D eigenvalue weighted by atomic mass is 32.2. The van der Waals surface area contributed by atoms with Gasteiger partial charge in [-0.1, -0.05) is 95.4 Å². The van der Waals surface area contributed by atoms with E-state index in [1.54, 1.807) is 17.8 Å². The number of ether oxygens (including phenoxy) is 4. The van der Waals surface area contributed by atoms with E-state index in [0.717, 1.165) is 99.0 Å². The SMILES string of the molecule is C=CCOC12Oc3ccc(Oc4ccc(SC)cc4)cc3C3C(CCCCO)C(CCCCO)C=C(C(=NOC4CCCCO4)CC1N(CCC)C(=O)CCCCCCCCCCC)C32. The zero-order chi connectivity index (χ0) is 45.9. The van der Waals surface area contributed by atoms with Gasteiger partial charge in [0, 0.05) is 55.4 Å². The van der Waals surface area contributed by atoms with Crippen molar-refractivity contribution in [2.75, 3.05) is 39.2 Å². The summed E-state index contributed by atoms with van der Waals surface area (Å²) < 4.78 is 27.3. The summed E-state index contributed by atoms with van der Waals surface area (Å²) in [6.07, 6.45) is 25.8. The van der Waals surface area contributed by atoms with E-state index in [4.69, 9.17) is 28.9 Å². The minimum Gasteiger partial charge on any atom is -0.459 e. The maximum absolute atomic E-state index is 14.9. The fourth-order valence-corrected chi connectivity index (χ4v) is 11.2. The molecule has 2 N–H and O–H groups in total. The standard InChI is InChI=1S/C54H80N2O8S/c1-5-8-9-10-11-12-13-14-15-24-50(59)56(32-6-2)49-39-47(55-64-51-25-18-21-36-60-51)45-37-40(22-16-19-33-57)44(23-17-20-34-58)52-46-38-42(62-41-26-29-43(65-4)30-27-41)28-31-48(46)63-54(49,53(45)52)61-35-7-3/h7,26-31,37-38,40,44,49,51-53,57-58H,3,5-6,8-25,32-36,39H2,1-2,4H3. The van der Waals surface area contributed by atoms with Crippen molar-refractivity contribution >= 4 is 23.4 Å². The number of carbonyl (C=O) groups is 1. The van der Waals surface area contributed by atoms with Crippen molar-refractivity contribution in [3.63, 3.8) is 0 Å². The van der Waals surface area contributed by atoms with Crippen molar-refractivity contribution in [3.8, 4) is 17.2 Å². The summed E-state index contributed by atoms with van der Waals surface area (Å²) in [6, 6.07) is 13.8. The molecule has 2 aliphatic carbocycles. The Bertz CT molecular complexity index is 1810. The molecule has 7 unspecified atom stereocenters. The second-order valence-electron chi connectivity index (χ2n) is 18.6. The smallest absolute Gasteiger partial charge is 0.239 e. The van der Waals surface area contributed by atoms with Crippen LogP contribution in [0, 0.1) is 17.8 Å². The van der Waals surface area contributed by atoms with Crippen molar-refractivity contribution < 1.29 is 38.8 Å². The number of hydrogen-bond acceptors (Lipinski definition) is 10. The Morgan fingerprint density at radius 1 is 0.908 bits per heavy atom. The zero-order valence-electron chi connectivity index (χ0n) is 39.9. The first kappa shape index (κ1) is 51.0. The molecule has 2 aromatic rings. The number of allylic oxidation sites excluding steroid dienone is 1. The molecule has 2 fully saturated rings. The summed E-state index contributed by atoms with van der Waals surface area (Å²) >= 11 is 1.70. The molecule has 1 amide bonds. The Kier molecular flexibility index (Phi) is 21.1. The van der Waals surface area contributed by atoms with Crippen molar-refractivity contribution in [3.05, 3.63) is 72.3 Å². The molecule has 2 aromatic carbocycles. The highest BCUT2D eigenvalue weighted by molar-refractivity contribution is 7.98. The molecule has 0 bridgehead atoms. The van der Waals surface area contributed by atoms with Gasteiger partial charge in [-0.05, 0) is 117 Å². The number of thioether (sulfide) groups is 1. The van der Waals surface area contributed by atoms with E-state index in [1.807, 2.05) is 24.3 Å². The number of rotatable bonds is 29. The van der Waals surface area contributed by atoms with Crippen molar-refractivity contribution in [2.45, 2.75) is 178 Å². The Hall–Kier alpha value is -3.35. The number of oxime groups is 1. The Labute approximate surface area is 394 Å². The van der Waals surface area contributed by atoms with E-state index >= 15 is 0 Å². The van der Waals surface area contributed by atoms with Crippen LogP contribution >= 0.6 is 11.8 Å². The number of aliphatic hydroxyl groups is 2. The number of carbonyl (C=O) groups excluding carboxylic acids is 1. The van der Waals surface area contributed by atoms with E-state index in [1.165, 1.54) is 43.4 Å². The van der Waals surface area contributed by atoms with Crippen LogP contribution in [0.4, 0.5) is 0 Å². The van der Waals surface area contributed by atoms with Crippen LogP contribution in [0.25, 0.3) is 0 Å². The molecule has 360 valence electrons. The predicted molar refractivity (Wildman–Crippen MR) is 262 cm³/mol. The predicted octanol–water partition coefficient (Wildman–Crippen LogP) is 12.5. The largest absolute Gasteiger partial charge is 0.459 e. The van der Waals surface area contributed by atoms with E-state index in [9.17, 15) is 15.0 Å². The number of fused-ring (bicyclic) bond motifs is 2. The first-order valence-corrected chi connectivity index (χ1v) is 26.6. The molecule has 4 aliphatic rings. The van der Waals surface area contributed by atoms with Gasteiger partial charge in [-0.15, -0.1) is 18.3 Å². The molecule has 1 saturated heterocycles. The second kappa shape index (κ2) is 26.9. The molecular weight excluding hydrogens is 837 g/mol. The van der Waals surface area contributed by atoms with Gasteiger partial charge in [0.2, 0.25) is 18.0 Å². The molecule has 0 aromatic heterocycles. The third-order valence-electron chi connectivity index (χ3n) is 14.0. The first-order valence-electron chi connectivity index (χ1n) is 25.4. The molecule has 1 saturated carbocycles. The van der Waals surface area contributed by atoms with Gasteiger partial charge in [0.05, 0.1) is 24.8 Å². The number of unbranched alkanes of at least 4 members (excludes halogenated alkanes) is 10. The van der Waals surface area contributed by atoms with Gasteiger partial charge >= 0.3 is 0 Å². The maximum atomic E-state index is 14.9. The average molecular weight is 917 g/mol. The maximum Gasteiger partial charge on any atom is 0.239 e. The highest BCUT2D eigenvalue weighted by Crippen LogP contribution is 2.62. The number of nitrogens with zero attached hydrogens (tertiary/aromatic N) is 2. The lowest BCUT2D eigenvalue weighted by atomic mass is 9.55. The molecule has 65 heavy (non-hydrogen) atoms. The van der Waals surface area contributed by atoms with Crippen LogP contribution in [0.1, 0.15) is 160 Å². The average Bonchev–Trinajstić information content (AvgIpc) is 3.33. The van der Waals surface area contributed by atoms with Gasteiger partial charge in [-0.3, -0.25) is 4.79 Å². The lowest BCUT2D eigenvalue weighted by Gasteiger charge is -2.60. The van der Waals surface area contributed by atoms with Gasteiger partial charge in [-0.2, -0.15) is 0 Å².